The van der Waals surface area contributed by atoms with E-state index in [1.54, 1.807) is 23.2 Å². The number of anilines is 2. The van der Waals surface area contributed by atoms with Gasteiger partial charge in [0.1, 0.15) is 5.75 Å². The van der Waals surface area contributed by atoms with Crippen LogP contribution in [-0.2, 0) is 6.54 Å². The molecule has 0 aliphatic heterocycles. The number of rotatable bonds is 6. The predicted molar refractivity (Wildman–Crippen MR) is 124 cm³/mol. The van der Waals surface area contributed by atoms with Gasteiger partial charge in [-0.3, -0.25) is 0 Å². The molecule has 2 heterocycles. The molecule has 32 heavy (non-hydrogen) atoms. The number of benzene rings is 2. The van der Waals surface area contributed by atoms with Gasteiger partial charge >= 0.3 is 0 Å². The zero-order chi connectivity index (χ0) is 21.8. The summed E-state index contributed by atoms with van der Waals surface area (Å²) in [6.07, 6.45) is 3.82. The number of hydrogen-bond donors (Lipinski definition) is 1. The van der Waals surface area contributed by atoms with E-state index in [4.69, 9.17) is 4.74 Å². The van der Waals surface area contributed by atoms with Crippen molar-refractivity contribution in [2.45, 2.75) is 31.7 Å². The summed E-state index contributed by atoms with van der Waals surface area (Å²) in [4.78, 5) is 6.23. The van der Waals surface area contributed by atoms with Crippen molar-refractivity contribution in [1.82, 2.24) is 25.2 Å². The maximum atomic E-state index is 5.19. The quantitative estimate of drug-likeness (QED) is 0.440. The van der Waals surface area contributed by atoms with Crippen LogP contribution in [0, 0.1) is 11.8 Å². The minimum Gasteiger partial charge on any atom is -0.497 e. The lowest BCUT2D eigenvalue weighted by atomic mass is 9.83. The van der Waals surface area contributed by atoms with E-state index in [0.29, 0.717) is 18.4 Å². The molecule has 1 aliphatic carbocycles. The number of ether oxygens (including phenoxy) is 1. The van der Waals surface area contributed by atoms with Crippen molar-refractivity contribution >= 4 is 23.0 Å². The molecule has 0 saturated heterocycles. The van der Waals surface area contributed by atoms with E-state index >= 15 is 0 Å². The number of hydrogen-bond acceptors (Lipinski definition) is 7. The van der Waals surface area contributed by atoms with Crippen LogP contribution >= 0.6 is 11.3 Å². The third-order valence-corrected chi connectivity index (χ3v) is 6.19. The molecule has 1 saturated carbocycles. The summed E-state index contributed by atoms with van der Waals surface area (Å²) in [5.74, 6) is 8.29. The fourth-order valence-electron chi connectivity index (χ4n) is 3.42. The van der Waals surface area contributed by atoms with E-state index in [0.717, 1.165) is 27.6 Å². The van der Waals surface area contributed by atoms with Gasteiger partial charge in [-0.1, -0.05) is 35.6 Å². The molecule has 1 aliphatic rings. The Balaban J connectivity index is 1.23. The molecule has 0 radical (unpaired) electrons. The van der Waals surface area contributed by atoms with Gasteiger partial charge in [0.25, 0.3) is 5.95 Å². The standard InChI is InChI=1S/C24H22N6OS/c1-31-21-11-8-18(9-12-21)15-30-28-24(27-29-30)25-20-7-2-4-17(14-20)10-13-23-26-22(16-32-23)19-5-3-6-19/h2,4,7-9,11-12,14,16,19H,3,5-6,15H2,1H3,(H,25,28). The molecular formula is C24H22N6OS. The van der Waals surface area contributed by atoms with Crippen molar-refractivity contribution in [2.75, 3.05) is 12.4 Å². The maximum absolute atomic E-state index is 5.19. The Hall–Kier alpha value is -3.70. The van der Waals surface area contributed by atoms with Gasteiger partial charge in [0.15, 0.2) is 5.01 Å². The number of tetrazole rings is 1. The highest BCUT2D eigenvalue weighted by atomic mass is 32.1. The van der Waals surface area contributed by atoms with Gasteiger partial charge in [0.2, 0.25) is 0 Å². The first-order valence-electron chi connectivity index (χ1n) is 10.5. The highest BCUT2D eigenvalue weighted by Gasteiger charge is 2.21. The Morgan fingerprint density at radius 2 is 2.03 bits per heavy atom. The van der Waals surface area contributed by atoms with Crippen LogP contribution in [0.3, 0.4) is 0 Å². The molecule has 0 atom stereocenters. The summed E-state index contributed by atoms with van der Waals surface area (Å²) in [6, 6.07) is 15.6. The molecule has 7 nitrogen and oxygen atoms in total. The highest BCUT2D eigenvalue weighted by molar-refractivity contribution is 7.10. The van der Waals surface area contributed by atoms with Crippen LogP contribution in [0.1, 0.15) is 47.0 Å². The van der Waals surface area contributed by atoms with Gasteiger partial charge < -0.3 is 10.1 Å². The summed E-state index contributed by atoms with van der Waals surface area (Å²) >= 11 is 1.62. The van der Waals surface area contributed by atoms with Crippen molar-refractivity contribution in [2.24, 2.45) is 0 Å². The van der Waals surface area contributed by atoms with E-state index in [1.807, 2.05) is 48.5 Å². The molecular weight excluding hydrogens is 420 g/mol. The Morgan fingerprint density at radius 3 is 2.81 bits per heavy atom. The van der Waals surface area contributed by atoms with Crippen molar-refractivity contribution in [3.63, 3.8) is 0 Å². The zero-order valence-corrected chi connectivity index (χ0v) is 18.5. The van der Waals surface area contributed by atoms with Crippen LogP contribution in [0.2, 0.25) is 0 Å². The summed E-state index contributed by atoms with van der Waals surface area (Å²) in [6.45, 7) is 0.529. The van der Waals surface area contributed by atoms with Crippen LogP contribution < -0.4 is 10.1 Å². The van der Waals surface area contributed by atoms with Gasteiger partial charge in [-0.2, -0.15) is 4.80 Å². The Morgan fingerprint density at radius 1 is 1.16 bits per heavy atom. The van der Waals surface area contributed by atoms with Gasteiger partial charge in [-0.15, -0.1) is 16.4 Å². The molecule has 0 spiro atoms. The lowest BCUT2D eigenvalue weighted by Crippen LogP contribution is -2.08. The van der Waals surface area contributed by atoms with Crippen molar-refractivity contribution in [3.8, 4) is 17.6 Å². The minimum atomic E-state index is 0.439. The van der Waals surface area contributed by atoms with Crippen LogP contribution in [-0.4, -0.2) is 32.3 Å². The van der Waals surface area contributed by atoms with Crippen LogP contribution in [0.5, 0.6) is 5.75 Å². The number of nitrogens with one attached hydrogen (secondary N) is 1. The third kappa shape index (κ3) is 4.79. The minimum absolute atomic E-state index is 0.439. The second-order valence-electron chi connectivity index (χ2n) is 7.65. The van der Waals surface area contributed by atoms with E-state index in [1.165, 1.54) is 25.0 Å². The average Bonchev–Trinajstić information content (AvgIpc) is 3.41. The van der Waals surface area contributed by atoms with E-state index in [9.17, 15) is 0 Å². The van der Waals surface area contributed by atoms with E-state index in [2.05, 4.69) is 42.9 Å². The Labute approximate surface area is 190 Å². The number of nitrogens with zero attached hydrogens (tertiary/aromatic N) is 5. The Bertz CT molecular complexity index is 1260. The first kappa shape index (κ1) is 20.2. The molecule has 1 N–H and O–H groups in total. The van der Waals surface area contributed by atoms with Crippen molar-refractivity contribution < 1.29 is 4.74 Å². The second-order valence-corrected chi connectivity index (χ2v) is 8.51. The number of thiazole rings is 1. The summed E-state index contributed by atoms with van der Waals surface area (Å²) in [7, 11) is 1.65. The van der Waals surface area contributed by atoms with Gasteiger partial charge in [0.05, 0.1) is 19.3 Å². The highest BCUT2D eigenvalue weighted by Crippen LogP contribution is 2.36. The zero-order valence-electron chi connectivity index (χ0n) is 17.7. The topological polar surface area (TPSA) is 77.8 Å². The lowest BCUT2D eigenvalue weighted by molar-refractivity contribution is 0.412. The summed E-state index contributed by atoms with van der Waals surface area (Å²) < 4.78 is 5.19. The summed E-state index contributed by atoms with van der Waals surface area (Å²) in [5.41, 5.74) is 4.02. The van der Waals surface area contributed by atoms with E-state index < -0.39 is 0 Å². The monoisotopic (exact) mass is 442 g/mol. The summed E-state index contributed by atoms with van der Waals surface area (Å²) in [5, 5.41) is 18.8. The molecule has 0 amide bonds. The van der Waals surface area contributed by atoms with Crippen LogP contribution in [0.25, 0.3) is 0 Å². The maximum Gasteiger partial charge on any atom is 0.267 e. The lowest BCUT2D eigenvalue weighted by Gasteiger charge is -2.22. The van der Waals surface area contributed by atoms with Crippen molar-refractivity contribution in [3.05, 3.63) is 75.7 Å². The van der Waals surface area contributed by atoms with Gasteiger partial charge in [-0.05, 0) is 59.9 Å². The van der Waals surface area contributed by atoms with Crippen molar-refractivity contribution in [1.29, 1.82) is 0 Å². The van der Waals surface area contributed by atoms with Crippen LogP contribution in [0.4, 0.5) is 11.6 Å². The predicted octanol–water partition coefficient (Wildman–Crippen LogP) is 4.60. The second kappa shape index (κ2) is 9.20. The largest absolute Gasteiger partial charge is 0.497 e. The van der Waals surface area contributed by atoms with E-state index in [-0.39, 0.29) is 0 Å². The Kier molecular flexibility index (Phi) is 5.81. The fourth-order valence-corrected chi connectivity index (χ4v) is 4.16. The molecule has 0 bridgehead atoms. The molecule has 2 aromatic heterocycles. The number of methoxy groups -OCH3 is 1. The molecule has 160 valence electrons. The first-order valence-corrected chi connectivity index (χ1v) is 11.4. The van der Waals surface area contributed by atoms with Crippen LogP contribution in [0.15, 0.2) is 53.9 Å². The third-order valence-electron chi connectivity index (χ3n) is 5.41. The SMILES string of the molecule is COc1ccc(Cn2nnc(Nc3cccc(C#Cc4nc(C5CCC5)cs4)c3)n2)cc1. The first-order chi connectivity index (χ1) is 15.7. The molecule has 5 rings (SSSR count). The smallest absolute Gasteiger partial charge is 0.267 e. The number of aromatic nitrogens is 5. The molecule has 0 unspecified atom stereocenters. The molecule has 8 heteroatoms. The molecule has 1 fully saturated rings. The average molecular weight is 443 g/mol. The molecule has 2 aromatic carbocycles. The normalized spacial score (nSPS) is 13.2. The fraction of sp³-hybridized carbons (Fsp3) is 0.250. The van der Waals surface area contributed by atoms with Gasteiger partial charge in [-0.25, -0.2) is 4.98 Å². The molecule has 4 aromatic rings. The van der Waals surface area contributed by atoms with Gasteiger partial charge in [0, 0.05) is 22.5 Å².